The summed E-state index contributed by atoms with van der Waals surface area (Å²) in [5.41, 5.74) is 1.94. The van der Waals surface area contributed by atoms with Gasteiger partial charge < -0.3 is 10.2 Å². The highest BCUT2D eigenvalue weighted by Crippen LogP contribution is 2.29. The number of carbonyl (C=O) groups is 1. The zero-order chi connectivity index (χ0) is 20.5. The van der Waals surface area contributed by atoms with E-state index in [-0.39, 0.29) is 17.5 Å². The van der Waals surface area contributed by atoms with Crippen molar-refractivity contribution in [2.24, 2.45) is 5.92 Å². The zero-order valence-corrected chi connectivity index (χ0v) is 16.3. The Labute approximate surface area is 166 Å². The fraction of sp³-hybridized carbons (Fsp3) is 0.400. The van der Waals surface area contributed by atoms with Gasteiger partial charge in [-0.25, -0.2) is 13.8 Å². The van der Waals surface area contributed by atoms with Crippen LogP contribution in [0.2, 0.25) is 0 Å². The Morgan fingerprint density at radius 3 is 2.93 bits per heavy atom. The Morgan fingerprint density at radius 1 is 1.34 bits per heavy atom. The number of benzene rings is 1. The first-order valence-corrected chi connectivity index (χ1v) is 9.68. The van der Waals surface area contributed by atoms with Crippen LogP contribution in [0.15, 0.2) is 24.5 Å². The number of hydrogen-bond donors (Lipinski definition) is 1. The van der Waals surface area contributed by atoms with E-state index in [4.69, 9.17) is 0 Å². The van der Waals surface area contributed by atoms with Gasteiger partial charge in [0.1, 0.15) is 23.8 Å². The van der Waals surface area contributed by atoms with E-state index in [1.54, 1.807) is 4.52 Å². The smallest absolute Gasteiger partial charge is 0.254 e. The number of hydrogen-bond acceptors (Lipinski definition) is 5. The van der Waals surface area contributed by atoms with Crippen LogP contribution in [0.1, 0.15) is 31.0 Å². The summed E-state index contributed by atoms with van der Waals surface area (Å²) in [6, 6.07) is 3.13. The van der Waals surface area contributed by atoms with Crippen LogP contribution in [-0.2, 0) is 11.2 Å². The number of anilines is 2. The molecule has 1 aromatic carbocycles. The Hall–Kier alpha value is -3.10. The van der Waals surface area contributed by atoms with Crippen molar-refractivity contribution in [3.8, 4) is 0 Å². The number of carbonyl (C=O) groups excluding carboxylic acids is 1. The van der Waals surface area contributed by atoms with Gasteiger partial charge in [-0.3, -0.25) is 4.79 Å². The standard InChI is InChI=1S/C20H22F2N6O/c1-3-15-12(2)25-20-23-11-24-28(20)19(15)27-8-4-5-13(10-27)18(29)26-17-7-6-14(21)9-16(17)22/h6-7,9,11,13H,3-5,8,10H2,1-2H3,(H,26,29)/t13-/m0/s1. The lowest BCUT2D eigenvalue weighted by atomic mass is 9.96. The van der Waals surface area contributed by atoms with Gasteiger partial charge in [0.2, 0.25) is 5.91 Å². The second-order valence-corrected chi connectivity index (χ2v) is 7.22. The molecule has 0 spiro atoms. The van der Waals surface area contributed by atoms with E-state index in [1.165, 1.54) is 12.4 Å². The number of rotatable bonds is 4. The average Bonchev–Trinajstić information content (AvgIpc) is 3.16. The summed E-state index contributed by atoms with van der Waals surface area (Å²) in [4.78, 5) is 23.6. The molecule has 1 aliphatic heterocycles. The molecule has 0 aliphatic carbocycles. The highest BCUT2D eigenvalue weighted by Gasteiger charge is 2.29. The van der Waals surface area contributed by atoms with Crippen LogP contribution in [0.25, 0.3) is 5.78 Å². The Morgan fingerprint density at radius 2 is 2.17 bits per heavy atom. The van der Waals surface area contributed by atoms with Crippen molar-refractivity contribution >= 4 is 23.2 Å². The van der Waals surface area contributed by atoms with E-state index in [1.807, 2.05) is 6.92 Å². The number of piperidine rings is 1. The second kappa shape index (κ2) is 7.73. The lowest BCUT2D eigenvalue weighted by Crippen LogP contribution is -2.42. The zero-order valence-electron chi connectivity index (χ0n) is 16.3. The maximum Gasteiger partial charge on any atom is 0.254 e. The van der Waals surface area contributed by atoms with Gasteiger partial charge in [-0.1, -0.05) is 6.92 Å². The van der Waals surface area contributed by atoms with Crippen LogP contribution in [0.4, 0.5) is 20.3 Å². The van der Waals surface area contributed by atoms with E-state index in [9.17, 15) is 13.6 Å². The predicted molar refractivity (Wildman–Crippen MR) is 105 cm³/mol. The normalized spacial score (nSPS) is 17.0. The van der Waals surface area contributed by atoms with E-state index in [2.05, 4.69) is 32.2 Å². The minimum Gasteiger partial charge on any atom is -0.355 e. The van der Waals surface area contributed by atoms with E-state index >= 15 is 0 Å². The van der Waals surface area contributed by atoms with Crippen LogP contribution in [0.3, 0.4) is 0 Å². The van der Waals surface area contributed by atoms with E-state index in [0.29, 0.717) is 18.7 Å². The molecular weight excluding hydrogens is 378 g/mol. The number of aryl methyl sites for hydroxylation is 1. The molecular formula is C20H22F2N6O. The van der Waals surface area contributed by atoms with Crippen LogP contribution in [0.5, 0.6) is 0 Å². The summed E-state index contributed by atoms with van der Waals surface area (Å²) in [5, 5.41) is 6.91. The van der Waals surface area contributed by atoms with Crippen LogP contribution in [0, 0.1) is 24.5 Å². The molecule has 1 atom stereocenters. The van der Waals surface area contributed by atoms with Crippen molar-refractivity contribution in [2.75, 3.05) is 23.3 Å². The molecule has 1 saturated heterocycles. The van der Waals surface area contributed by atoms with Crippen molar-refractivity contribution in [3.05, 3.63) is 47.4 Å². The Bertz CT molecular complexity index is 1070. The molecule has 1 fully saturated rings. The Kier molecular flexibility index (Phi) is 5.12. The molecule has 29 heavy (non-hydrogen) atoms. The van der Waals surface area contributed by atoms with Crippen molar-refractivity contribution in [1.82, 2.24) is 19.6 Å². The first-order valence-electron chi connectivity index (χ1n) is 9.68. The molecule has 152 valence electrons. The fourth-order valence-corrected chi connectivity index (χ4v) is 3.92. The summed E-state index contributed by atoms with van der Waals surface area (Å²) in [7, 11) is 0. The third-order valence-corrected chi connectivity index (χ3v) is 5.34. The lowest BCUT2D eigenvalue weighted by molar-refractivity contribution is -0.120. The summed E-state index contributed by atoms with van der Waals surface area (Å²) in [6.45, 7) is 5.25. The van der Waals surface area contributed by atoms with Gasteiger partial charge in [-0.05, 0) is 38.3 Å². The molecule has 0 unspecified atom stereocenters. The quantitative estimate of drug-likeness (QED) is 0.728. The maximum atomic E-state index is 13.9. The predicted octanol–water partition coefficient (Wildman–Crippen LogP) is 3.13. The van der Waals surface area contributed by atoms with Gasteiger partial charge in [0.15, 0.2) is 0 Å². The first kappa shape index (κ1) is 19.2. The molecule has 1 aliphatic rings. The molecule has 3 aromatic rings. The van der Waals surface area contributed by atoms with Gasteiger partial charge in [-0.15, -0.1) is 0 Å². The summed E-state index contributed by atoms with van der Waals surface area (Å²) in [6.07, 6.45) is 3.75. The van der Waals surface area contributed by atoms with Gasteiger partial charge in [-0.2, -0.15) is 14.6 Å². The maximum absolute atomic E-state index is 13.9. The van der Waals surface area contributed by atoms with Crippen LogP contribution < -0.4 is 10.2 Å². The minimum atomic E-state index is -0.784. The van der Waals surface area contributed by atoms with Gasteiger partial charge in [0, 0.05) is 30.4 Å². The highest BCUT2D eigenvalue weighted by molar-refractivity contribution is 5.93. The number of amides is 1. The number of nitrogens with zero attached hydrogens (tertiary/aromatic N) is 5. The highest BCUT2D eigenvalue weighted by atomic mass is 19.1. The third-order valence-electron chi connectivity index (χ3n) is 5.34. The molecule has 0 radical (unpaired) electrons. The second-order valence-electron chi connectivity index (χ2n) is 7.22. The summed E-state index contributed by atoms with van der Waals surface area (Å²) in [5.74, 6) is -0.647. The molecule has 0 bridgehead atoms. The molecule has 1 amide bonds. The number of halogens is 2. The molecule has 9 heteroatoms. The van der Waals surface area contributed by atoms with Crippen LogP contribution >= 0.6 is 0 Å². The molecule has 7 nitrogen and oxygen atoms in total. The van der Waals surface area contributed by atoms with E-state index < -0.39 is 11.6 Å². The van der Waals surface area contributed by atoms with E-state index in [0.717, 1.165) is 48.6 Å². The van der Waals surface area contributed by atoms with Gasteiger partial charge in [0.25, 0.3) is 5.78 Å². The van der Waals surface area contributed by atoms with Crippen molar-refractivity contribution in [3.63, 3.8) is 0 Å². The summed E-state index contributed by atoms with van der Waals surface area (Å²) >= 11 is 0. The van der Waals surface area contributed by atoms with Crippen molar-refractivity contribution in [2.45, 2.75) is 33.1 Å². The monoisotopic (exact) mass is 400 g/mol. The summed E-state index contributed by atoms with van der Waals surface area (Å²) < 4.78 is 28.7. The number of fused-ring (bicyclic) bond motifs is 1. The van der Waals surface area contributed by atoms with Gasteiger partial charge in [0.05, 0.1) is 11.6 Å². The number of aromatic nitrogens is 4. The topological polar surface area (TPSA) is 75.4 Å². The number of nitrogens with one attached hydrogen (secondary N) is 1. The van der Waals surface area contributed by atoms with Gasteiger partial charge >= 0.3 is 0 Å². The molecule has 1 N–H and O–H groups in total. The van der Waals surface area contributed by atoms with Crippen LogP contribution in [-0.4, -0.2) is 38.6 Å². The largest absolute Gasteiger partial charge is 0.355 e. The Balaban J connectivity index is 1.60. The van der Waals surface area contributed by atoms with Crippen molar-refractivity contribution in [1.29, 1.82) is 0 Å². The molecule has 4 rings (SSSR count). The minimum absolute atomic E-state index is 0.0128. The molecule has 2 aromatic heterocycles. The fourth-order valence-electron chi connectivity index (χ4n) is 3.92. The average molecular weight is 400 g/mol. The molecule has 3 heterocycles. The third kappa shape index (κ3) is 3.64. The first-order chi connectivity index (χ1) is 14.0. The molecule has 0 saturated carbocycles. The van der Waals surface area contributed by atoms with Crippen molar-refractivity contribution < 1.29 is 13.6 Å². The SMILES string of the molecule is CCc1c(C)nc2ncnn2c1N1CCC[C@H](C(=O)Nc2ccc(F)cc2F)C1. The lowest BCUT2D eigenvalue weighted by Gasteiger charge is -2.35.